The molecule has 0 amide bonds. The van der Waals surface area contributed by atoms with Crippen LogP contribution in [0.5, 0.6) is 11.5 Å². The van der Waals surface area contributed by atoms with Gasteiger partial charge >= 0.3 is 0 Å². The van der Waals surface area contributed by atoms with Crippen molar-refractivity contribution in [2.24, 2.45) is 0 Å². The number of aryl methyl sites for hydroxylation is 2. The number of hydrogen-bond acceptors (Lipinski definition) is 3. The quantitative estimate of drug-likeness (QED) is 0.579. The molecule has 0 aliphatic heterocycles. The molecule has 0 fully saturated rings. The molecule has 4 nitrogen and oxygen atoms in total. The molecule has 7 heteroatoms. The van der Waals surface area contributed by atoms with Crippen LogP contribution in [0.25, 0.3) is 11.1 Å². The maximum absolute atomic E-state index is 14.1. The number of aromatic nitrogens is 1. The Kier molecular flexibility index (Phi) is 6.27. The van der Waals surface area contributed by atoms with Crippen molar-refractivity contribution in [1.29, 1.82) is 0 Å². The van der Waals surface area contributed by atoms with Crippen molar-refractivity contribution >= 4 is 10.8 Å². The van der Waals surface area contributed by atoms with Crippen LogP contribution in [0.15, 0.2) is 53.5 Å². The van der Waals surface area contributed by atoms with Gasteiger partial charge in [-0.2, -0.15) is 0 Å². The minimum absolute atomic E-state index is 0.0888. The van der Waals surface area contributed by atoms with E-state index < -0.39 is 22.4 Å². The molecule has 0 bridgehead atoms. The molecule has 0 spiro atoms. The Morgan fingerprint density at radius 3 is 2.45 bits per heavy atom. The summed E-state index contributed by atoms with van der Waals surface area (Å²) >= 11 is 0. The monoisotopic (exact) mass is 417 g/mol. The molecule has 3 aromatic rings. The Bertz CT molecular complexity index is 1140. The predicted octanol–water partition coefficient (Wildman–Crippen LogP) is 4.79. The maximum atomic E-state index is 14.1. The molecule has 0 saturated carbocycles. The first-order valence-corrected chi connectivity index (χ1v) is 10.8. The lowest BCUT2D eigenvalue weighted by atomic mass is 10.0. The summed E-state index contributed by atoms with van der Waals surface area (Å²) in [6, 6.07) is 10.1. The molecule has 1 heterocycles. The number of nitrogens with zero attached hydrogens (tertiary/aromatic N) is 1. The van der Waals surface area contributed by atoms with E-state index >= 15 is 0 Å². The summed E-state index contributed by atoms with van der Waals surface area (Å²) in [7, 11) is -1.04. The van der Waals surface area contributed by atoms with Crippen molar-refractivity contribution in [3.8, 4) is 22.6 Å². The normalized spacial score (nSPS) is 12.0. The van der Waals surface area contributed by atoms with E-state index in [0.29, 0.717) is 34.7 Å². The zero-order valence-electron chi connectivity index (χ0n) is 16.4. The van der Waals surface area contributed by atoms with E-state index in [2.05, 4.69) is 0 Å². The van der Waals surface area contributed by atoms with Gasteiger partial charge in [0, 0.05) is 58.3 Å². The Morgan fingerprint density at radius 1 is 1.07 bits per heavy atom. The lowest BCUT2D eigenvalue weighted by molar-refractivity contribution is 0.439. The molecule has 29 heavy (non-hydrogen) atoms. The Balaban J connectivity index is 2.15. The lowest BCUT2D eigenvalue weighted by Crippen LogP contribution is -2.20. The third-order valence-electron chi connectivity index (χ3n) is 4.44. The molecule has 1 aromatic heterocycles. The molecule has 1 unspecified atom stereocenters. The van der Waals surface area contributed by atoms with Gasteiger partial charge in [0.05, 0.1) is 0 Å². The van der Waals surface area contributed by atoms with Crippen molar-refractivity contribution in [2.45, 2.75) is 26.1 Å². The van der Waals surface area contributed by atoms with Crippen LogP contribution < -0.4 is 10.3 Å². The molecule has 0 saturated heterocycles. The highest BCUT2D eigenvalue weighted by Gasteiger charge is 2.14. The van der Waals surface area contributed by atoms with Gasteiger partial charge in [-0.05, 0) is 49.7 Å². The van der Waals surface area contributed by atoms with Gasteiger partial charge in [0.25, 0.3) is 5.56 Å². The van der Waals surface area contributed by atoms with E-state index in [1.807, 2.05) is 13.0 Å². The van der Waals surface area contributed by atoms with Crippen LogP contribution in [0.3, 0.4) is 0 Å². The van der Waals surface area contributed by atoms with E-state index in [1.54, 1.807) is 42.1 Å². The molecule has 3 rings (SSSR count). The topological polar surface area (TPSA) is 48.3 Å². The molecule has 0 aliphatic rings. The predicted molar refractivity (Wildman–Crippen MR) is 111 cm³/mol. The standard InChI is InChI=1S/C22H21F2NO3S/c1-4-25-12-16(9-14(2)22(25)26)18-10-15(13-29(3)27)5-7-20(18)28-21-8-6-17(23)11-19(21)24/h5-12H,4,13H2,1-3H3. The van der Waals surface area contributed by atoms with E-state index in [-0.39, 0.29) is 11.3 Å². The number of halogens is 2. The number of ether oxygens (including phenoxy) is 1. The number of pyridine rings is 1. The fraction of sp³-hybridized carbons (Fsp3) is 0.227. The summed E-state index contributed by atoms with van der Waals surface area (Å²) in [4.78, 5) is 12.3. The zero-order chi connectivity index (χ0) is 21.1. The van der Waals surface area contributed by atoms with E-state index in [9.17, 15) is 17.8 Å². The van der Waals surface area contributed by atoms with Crippen LogP contribution in [0, 0.1) is 18.6 Å². The number of hydrogen-bond donors (Lipinski definition) is 0. The minimum Gasteiger partial charge on any atom is -0.454 e. The summed E-state index contributed by atoms with van der Waals surface area (Å²) < 4.78 is 46.3. The first-order chi connectivity index (χ1) is 13.8. The molecule has 152 valence electrons. The highest BCUT2D eigenvalue weighted by Crippen LogP contribution is 2.35. The molecule has 0 N–H and O–H groups in total. The van der Waals surface area contributed by atoms with Crippen molar-refractivity contribution < 1.29 is 17.7 Å². The molecule has 2 aromatic carbocycles. The van der Waals surface area contributed by atoms with Crippen LogP contribution in [-0.2, 0) is 23.1 Å². The molecule has 0 aliphatic carbocycles. The lowest BCUT2D eigenvalue weighted by Gasteiger charge is -2.15. The summed E-state index contributed by atoms with van der Waals surface area (Å²) in [5.74, 6) is -0.919. The zero-order valence-corrected chi connectivity index (χ0v) is 17.2. The van der Waals surface area contributed by atoms with Crippen LogP contribution >= 0.6 is 0 Å². The van der Waals surface area contributed by atoms with Crippen molar-refractivity contribution in [1.82, 2.24) is 4.57 Å². The summed E-state index contributed by atoms with van der Waals surface area (Å²) in [6.07, 6.45) is 3.32. The van der Waals surface area contributed by atoms with E-state index in [0.717, 1.165) is 17.7 Å². The van der Waals surface area contributed by atoms with Gasteiger partial charge in [-0.1, -0.05) is 6.07 Å². The first kappa shape index (κ1) is 20.9. The average molecular weight is 417 g/mol. The molecule has 1 atom stereocenters. The number of rotatable bonds is 6. The summed E-state index contributed by atoms with van der Waals surface area (Å²) in [6.45, 7) is 4.09. The van der Waals surface area contributed by atoms with Gasteiger partial charge in [0.1, 0.15) is 11.6 Å². The van der Waals surface area contributed by atoms with Gasteiger partial charge in [0.2, 0.25) is 0 Å². The molecular weight excluding hydrogens is 396 g/mol. The second-order valence-corrected chi connectivity index (χ2v) is 8.16. The fourth-order valence-corrected chi connectivity index (χ4v) is 3.71. The van der Waals surface area contributed by atoms with Crippen LogP contribution in [0.4, 0.5) is 8.78 Å². The maximum Gasteiger partial charge on any atom is 0.253 e. The number of benzene rings is 2. The van der Waals surface area contributed by atoms with Crippen LogP contribution in [0.1, 0.15) is 18.1 Å². The van der Waals surface area contributed by atoms with E-state index in [4.69, 9.17) is 4.74 Å². The molecule has 0 radical (unpaired) electrons. The Morgan fingerprint density at radius 2 is 1.79 bits per heavy atom. The smallest absolute Gasteiger partial charge is 0.253 e. The largest absolute Gasteiger partial charge is 0.454 e. The van der Waals surface area contributed by atoms with Crippen molar-refractivity contribution in [3.63, 3.8) is 0 Å². The summed E-state index contributed by atoms with van der Waals surface area (Å²) in [5.41, 5.74) is 2.63. The van der Waals surface area contributed by atoms with Crippen LogP contribution in [-0.4, -0.2) is 15.0 Å². The SMILES string of the molecule is CCn1cc(-c2cc(CS(C)=O)ccc2Oc2ccc(F)cc2F)cc(C)c1=O. The highest BCUT2D eigenvalue weighted by molar-refractivity contribution is 7.83. The van der Waals surface area contributed by atoms with Gasteiger partial charge in [-0.25, -0.2) is 8.78 Å². The summed E-state index contributed by atoms with van der Waals surface area (Å²) in [5, 5.41) is 0. The second-order valence-electron chi connectivity index (χ2n) is 6.73. The Labute approximate surface area is 170 Å². The van der Waals surface area contributed by atoms with Crippen molar-refractivity contribution in [3.05, 3.63) is 81.8 Å². The average Bonchev–Trinajstić information content (AvgIpc) is 2.66. The van der Waals surface area contributed by atoms with Crippen LogP contribution in [0.2, 0.25) is 0 Å². The second kappa shape index (κ2) is 8.69. The third kappa shape index (κ3) is 4.79. The minimum atomic E-state index is -1.04. The highest BCUT2D eigenvalue weighted by atomic mass is 32.2. The van der Waals surface area contributed by atoms with Crippen molar-refractivity contribution in [2.75, 3.05) is 6.26 Å². The van der Waals surface area contributed by atoms with Gasteiger partial charge in [-0.3, -0.25) is 9.00 Å². The Hall–Kier alpha value is -2.80. The van der Waals surface area contributed by atoms with Gasteiger partial charge < -0.3 is 9.30 Å². The third-order valence-corrected chi connectivity index (χ3v) is 5.18. The van der Waals surface area contributed by atoms with E-state index in [1.165, 1.54) is 6.07 Å². The molecular formula is C22H21F2NO3S. The first-order valence-electron chi connectivity index (χ1n) is 9.05. The van der Waals surface area contributed by atoms with Gasteiger partial charge in [0.15, 0.2) is 11.6 Å². The fourth-order valence-electron chi connectivity index (χ4n) is 3.06. The van der Waals surface area contributed by atoms with Gasteiger partial charge in [-0.15, -0.1) is 0 Å².